The zero-order chi connectivity index (χ0) is 12.2. The maximum absolute atomic E-state index is 13.4. The molecule has 1 aromatic rings. The smallest absolute Gasteiger partial charge is 0.273 e. The van der Waals surface area contributed by atoms with Crippen molar-refractivity contribution in [3.8, 4) is 0 Å². The molecule has 1 atom stereocenters. The molecule has 0 amide bonds. The highest BCUT2D eigenvalue weighted by atomic mass is 19.3. The van der Waals surface area contributed by atoms with Crippen molar-refractivity contribution in [3.63, 3.8) is 0 Å². The van der Waals surface area contributed by atoms with E-state index in [2.05, 4.69) is 0 Å². The Morgan fingerprint density at radius 3 is 2.56 bits per heavy atom. The van der Waals surface area contributed by atoms with Crippen LogP contribution in [0.25, 0.3) is 0 Å². The normalized spacial score (nSPS) is 13.5. The number of hydrogen-bond donors (Lipinski definition) is 0. The monoisotopic (exact) mass is 226 g/mol. The Morgan fingerprint density at radius 1 is 1.38 bits per heavy atom. The lowest BCUT2D eigenvalue weighted by Gasteiger charge is -2.16. The highest BCUT2D eigenvalue weighted by Crippen LogP contribution is 2.32. The van der Waals surface area contributed by atoms with Gasteiger partial charge in [0.15, 0.2) is 0 Å². The van der Waals surface area contributed by atoms with Crippen molar-refractivity contribution in [1.29, 1.82) is 0 Å². The molecular weight excluding hydrogens is 210 g/mol. The molecule has 16 heavy (non-hydrogen) atoms. The van der Waals surface area contributed by atoms with E-state index >= 15 is 0 Å². The number of aldehydes is 1. The average molecular weight is 226 g/mol. The lowest BCUT2D eigenvalue weighted by Crippen LogP contribution is -2.12. The first-order valence-electron chi connectivity index (χ1n) is 5.48. The van der Waals surface area contributed by atoms with Gasteiger partial charge in [0, 0.05) is 17.9 Å². The summed E-state index contributed by atoms with van der Waals surface area (Å²) in [7, 11) is 0. The Labute approximate surface area is 94.5 Å². The Balaban J connectivity index is 3.08. The van der Waals surface area contributed by atoms with Crippen molar-refractivity contribution in [2.24, 2.45) is 0 Å². The lowest BCUT2D eigenvalue weighted by atomic mass is 9.94. The van der Waals surface area contributed by atoms with E-state index in [1.54, 1.807) is 12.1 Å². The molecular formula is C13H16F2O. The highest BCUT2D eigenvalue weighted by molar-refractivity contribution is 5.62. The molecule has 0 radical (unpaired) electrons. The third kappa shape index (κ3) is 2.65. The number of benzene rings is 1. The van der Waals surface area contributed by atoms with Gasteiger partial charge in [0.25, 0.3) is 5.92 Å². The second kappa shape index (κ2) is 5.19. The van der Waals surface area contributed by atoms with Gasteiger partial charge in [-0.25, -0.2) is 8.78 Å². The van der Waals surface area contributed by atoms with Crippen LogP contribution in [0.1, 0.15) is 43.7 Å². The Bertz CT molecular complexity index is 361. The average Bonchev–Trinajstić information content (AvgIpc) is 2.31. The summed E-state index contributed by atoms with van der Waals surface area (Å²) >= 11 is 0. The van der Waals surface area contributed by atoms with Gasteiger partial charge in [-0.2, -0.15) is 0 Å². The van der Waals surface area contributed by atoms with Gasteiger partial charge in [-0.3, -0.25) is 0 Å². The van der Waals surface area contributed by atoms with Crippen molar-refractivity contribution in [2.45, 2.75) is 38.5 Å². The van der Waals surface area contributed by atoms with E-state index in [0.717, 1.165) is 6.29 Å². The van der Waals surface area contributed by atoms with Crippen LogP contribution in [0.4, 0.5) is 8.78 Å². The van der Waals surface area contributed by atoms with Crippen LogP contribution in [0.2, 0.25) is 0 Å². The van der Waals surface area contributed by atoms with Gasteiger partial charge in [-0.1, -0.05) is 32.0 Å². The van der Waals surface area contributed by atoms with Crippen LogP contribution < -0.4 is 0 Å². The van der Waals surface area contributed by atoms with Crippen LogP contribution in [0.15, 0.2) is 24.3 Å². The van der Waals surface area contributed by atoms with E-state index in [1.165, 1.54) is 19.1 Å². The molecule has 0 aromatic heterocycles. The zero-order valence-corrected chi connectivity index (χ0v) is 9.54. The largest absolute Gasteiger partial charge is 0.303 e. The Hall–Kier alpha value is -1.25. The van der Waals surface area contributed by atoms with E-state index in [4.69, 9.17) is 0 Å². The molecule has 0 aliphatic heterocycles. The molecule has 0 fully saturated rings. The number of halogens is 2. The molecule has 3 heteroatoms. The molecule has 0 saturated heterocycles. The summed E-state index contributed by atoms with van der Waals surface area (Å²) in [5, 5.41) is 0. The molecule has 0 N–H and O–H groups in total. The lowest BCUT2D eigenvalue weighted by molar-refractivity contribution is -0.109. The number of alkyl halides is 2. The minimum Gasteiger partial charge on any atom is -0.303 e. The van der Waals surface area contributed by atoms with E-state index in [1.807, 2.05) is 6.92 Å². The summed E-state index contributed by atoms with van der Waals surface area (Å²) in [6.45, 7) is 3.31. The van der Waals surface area contributed by atoms with Gasteiger partial charge in [0.1, 0.15) is 6.29 Å². The number of carbonyl (C=O) groups is 1. The second-order valence-corrected chi connectivity index (χ2v) is 3.83. The molecule has 1 rings (SSSR count). The highest BCUT2D eigenvalue weighted by Gasteiger charge is 2.29. The predicted molar refractivity (Wildman–Crippen MR) is 59.7 cm³/mol. The minimum absolute atomic E-state index is 0.00667. The summed E-state index contributed by atoms with van der Waals surface area (Å²) < 4.78 is 26.9. The Kier molecular flexibility index (Phi) is 4.16. The minimum atomic E-state index is -2.81. The van der Waals surface area contributed by atoms with Crippen LogP contribution in [-0.2, 0) is 10.7 Å². The molecule has 0 spiro atoms. The summed E-state index contributed by atoms with van der Waals surface area (Å²) in [6.07, 6.45) is 1.21. The molecule has 1 unspecified atom stereocenters. The van der Waals surface area contributed by atoms with Crippen molar-refractivity contribution < 1.29 is 13.6 Å². The first-order chi connectivity index (χ1) is 7.55. The quantitative estimate of drug-likeness (QED) is 0.696. The van der Waals surface area contributed by atoms with Crippen LogP contribution in [0.5, 0.6) is 0 Å². The molecule has 0 aliphatic rings. The van der Waals surface area contributed by atoms with Crippen molar-refractivity contribution in [2.75, 3.05) is 0 Å². The fraction of sp³-hybridized carbons (Fsp3) is 0.462. The van der Waals surface area contributed by atoms with Gasteiger partial charge in [0.2, 0.25) is 0 Å². The SMILES string of the molecule is CCC(C=O)c1cccc(C(F)(F)CC)c1. The molecule has 0 saturated carbocycles. The van der Waals surface area contributed by atoms with Gasteiger partial charge >= 0.3 is 0 Å². The summed E-state index contributed by atoms with van der Waals surface area (Å²) in [5.41, 5.74) is 0.663. The van der Waals surface area contributed by atoms with Gasteiger partial charge in [-0.15, -0.1) is 0 Å². The summed E-state index contributed by atoms with van der Waals surface area (Å²) in [4.78, 5) is 10.8. The number of carbonyl (C=O) groups excluding carboxylic acids is 1. The molecule has 0 aliphatic carbocycles. The van der Waals surface area contributed by atoms with Crippen molar-refractivity contribution >= 4 is 6.29 Å². The van der Waals surface area contributed by atoms with Crippen LogP contribution in [0, 0.1) is 0 Å². The third-order valence-corrected chi connectivity index (χ3v) is 2.79. The molecule has 1 aromatic carbocycles. The molecule has 0 heterocycles. The Morgan fingerprint density at radius 2 is 2.06 bits per heavy atom. The number of hydrogen-bond acceptors (Lipinski definition) is 1. The maximum atomic E-state index is 13.4. The fourth-order valence-corrected chi connectivity index (χ4v) is 1.61. The van der Waals surface area contributed by atoms with E-state index in [0.29, 0.717) is 12.0 Å². The zero-order valence-electron chi connectivity index (χ0n) is 9.54. The molecule has 1 nitrogen and oxygen atoms in total. The van der Waals surface area contributed by atoms with Crippen molar-refractivity contribution in [3.05, 3.63) is 35.4 Å². The number of rotatable bonds is 5. The van der Waals surface area contributed by atoms with Gasteiger partial charge in [0.05, 0.1) is 0 Å². The van der Waals surface area contributed by atoms with E-state index in [9.17, 15) is 13.6 Å². The second-order valence-electron chi connectivity index (χ2n) is 3.83. The first-order valence-corrected chi connectivity index (χ1v) is 5.48. The van der Waals surface area contributed by atoms with Crippen LogP contribution in [0.3, 0.4) is 0 Å². The summed E-state index contributed by atoms with van der Waals surface area (Å²) in [6, 6.07) is 6.15. The standard InChI is InChI=1S/C13H16F2O/c1-3-10(9-16)11-6-5-7-12(8-11)13(14,15)4-2/h5-10H,3-4H2,1-2H3. The first kappa shape index (κ1) is 12.8. The van der Waals surface area contributed by atoms with Crippen LogP contribution in [-0.4, -0.2) is 6.29 Å². The molecule has 88 valence electrons. The fourth-order valence-electron chi connectivity index (χ4n) is 1.61. The third-order valence-electron chi connectivity index (χ3n) is 2.79. The predicted octanol–water partition coefficient (Wildman–Crippen LogP) is 3.88. The van der Waals surface area contributed by atoms with E-state index in [-0.39, 0.29) is 17.9 Å². The van der Waals surface area contributed by atoms with Crippen LogP contribution >= 0.6 is 0 Å². The van der Waals surface area contributed by atoms with E-state index < -0.39 is 5.92 Å². The maximum Gasteiger partial charge on any atom is 0.273 e. The molecule has 0 bridgehead atoms. The van der Waals surface area contributed by atoms with Gasteiger partial charge < -0.3 is 4.79 Å². The van der Waals surface area contributed by atoms with Gasteiger partial charge in [-0.05, 0) is 18.1 Å². The summed E-state index contributed by atoms with van der Waals surface area (Å²) in [5.74, 6) is -3.09. The van der Waals surface area contributed by atoms with Crippen molar-refractivity contribution in [1.82, 2.24) is 0 Å². The topological polar surface area (TPSA) is 17.1 Å².